The maximum absolute atomic E-state index is 12.4. The van der Waals surface area contributed by atoms with Crippen LogP contribution in [0.3, 0.4) is 0 Å². The van der Waals surface area contributed by atoms with Gasteiger partial charge in [0.1, 0.15) is 6.04 Å². The number of nitrogens with zero attached hydrogens (tertiary/aromatic N) is 1. The van der Waals surface area contributed by atoms with E-state index in [1.807, 2.05) is 18.2 Å². The number of nitrogens with two attached hydrogens (primary N) is 1. The second kappa shape index (κ2) is 6.19. The number of morpholine rings is 1. The predicted octanol–water partition coefficient (Wildman–Crippen LogP) is 0.255. The molecule has 6 nitrogen and oxygen atoms in total. The fraction of sp³-hybridized carbons (Fsp3) is 0.385. The number of ether oxygens (including phenoxy) is 1. The van der Waals surface area contributed by atoms with Gasteiger partial charge in [0, 0.05) is 13.1 Å². The summed E-state index contributed by atoms with van der Waals surface area (Å²) in [4.78, 5) is 25.2. The smallest absolute Gasteiger partial charge is 0.313 e. The van der Waals surface area contributed by atoms with Gasteiger partial charge < -0.3 is 20.7 Å². The van der Waals surface area contributed by atoms with Crippen molar-refractivity contribution in [2.24, 2.45) is 5.73 Å². The van der Waals surface area contributed by atoms with Crippen LogP contribution in [-0.4, -0.2) is 43.1 Å². The Morgan fingerprint density at radius 2 is 1.84 bits per heavy atom. The minimum absolute atomic E-state index is 0.159. The Morgan fingerprint density at radius 3 is 2.42 bits per heavy atom. The maximum atomic E-state index is 12.4. The molecule has 1 unspecified atom stereocenters. The van der Waals surface area contributed by atoms with E-state index in [-0.39, 0.29) is 5.91 Å². The summed E-state index contributed by atoms with van der Waals surface area (Å²) in [6.07, 6.45) is 0. The normalized spacial score (nSPS) is 16.7. The van der Waals surface area contributed by atoms with Crippen molar-refractivity contribution in [3.05, 3.63) is 35.9 Å². The van der Waals surface area contributed by atoms with Gasteiger partial charge in [-0.3, -0.25) is 4.79 Å². The lowest BCUT2D eigenvalue weighted by atomic mass is 10.1. The third kappa shape index (κ3) is 3.45. The summed E-state index contributed by atoms with van der Waals surface area (Å²) in [7, 11) is 0. The SMILES string of the molecule is NC(=O)NC(C(=O)N1CCOCC1)c1ccccc1. The largest absolute Gasteiger partial charge is 0.378 e. The molecule has 1 heterocycles. The van der Waals surface area contributed by atoms with E-state index in [9.17, 15) is 9.59 Å². The van der Waals surface area contributed by atoms with E-state index >= 15 is 0 Å². The molecule has 6 heteroatoms. The van der Waals surface area contributed by atoms with Crippen molar-refractivity contribution in [2.45, 2.75) is 6.04 Å². The number of hydrogen-bond acceptors (Lipinski definition) is 3. The quantitative estimate of drug-likeness (QED) is 0.820. The predicted molar refractivity (Wildman–Crippen MR) is 69.3 cm³/mol. The highest BCUT2D eigenvalue weighted by atomic mass is 16.5. The summed E-state index contributed by atoms with van der Waals surface area (Å²) in [5.74, 6) is -0.159. The minimum Gasteiger partial charge on any atom is -0.378 e. The van der Waals surface area contributed by atoms with Crippen LogP contribution in [0.25, 0.3) is 0 Å². The number of carbonyl (C=O) groups is 2. The second-order valence-corrected chi connectivity index (χ2v) is 4.29. The number of amides is 3. The van der Waals surface area contributed by atoms with Crippen molar-refractivity contribution in [3.8, 4) is 0 Å². The molecule has 1 aromatic carbocycles. The van der Waals surface area contributed by atoms with Crippen LogP contribution in [0.4, 0.5) is 4.79 Å². The van der Waals surface area contributed by atoms with Gasteiger partial charge in [-0.25, -0.2) is 4.79 Å². The topological polar surface area (TPSA) is 84.7 Å². The van der Waals surface area contributed by atoms with E-state index in [2.05, 4.69) is 5.32 Å². The van der Waals surface area contributed by atoms with E-state index in [0.29, 0.717) is 26.3 Å². The number of benzene rings is 1. The first-order chi connectivity index (χ1) is 9.18. The first kappa shape index (κ1) is 13.4. The highest BCUT2D eigenvalue weighted by Gasteiger charge is 2.27. The summed E-state index contributed by atoms with van der Waals surface area (Å²) < 4.78 is 5.21. The molecule has 2 rings (SSSR count). The van der Waals surface area contributed by atoms with E-state index in [4.69, 9.17) is 10.5 Å². The van der Waals surface area contributed by atoms with Gasteiger partial charge in [-0.05, 0) is 5.56 Å². The van der Waals surface area contributed by atoms with Crippen LogP contribution in [0.15, 0.2) is 30.3 Å². The number of carbonyl (C=O) groups excluding carboxylic acids is 2. The lowest BCUT2D eigenvalue weighted by Crippen LogP contribution is -2.48. The lowest BCUT2D eigenvalue weighted by molar-refractivity contribution is -0.137. The van der Waals surface area contributed by atoms with Crippen LogP contribution in [0.5, 0.6) is 0 Å². The average molecular weight is 263 g/mol. The van der Waals surface area contributed by atoms with Crippen molar-refractivity contribution >= 4 is 11.9 Å². The Hall–Kier alpha value is -2.08. The molecule has 0 spiro atoms. The molecule has 1 atom stereocenters. The molecular formula is C13H17N3O3. The maximum Gasteiger partial charge on any atom is 0.313 e. The molecule has 1 aromatic rings. The molecule has 3 amide bonds. The summed E-state index contributed by atoms with van der Waals surface area (Å²) in [5, 5.41) is 2.50. The standard InChI is InChI=1S/C13H17N3O3/c14-13(18)15-11(10-4-2-1-3-5-10)12(17)16-6-8-19-9-7-16/h1-5,11H,6-9H2,(H3,14,15,18). The van der Waals surface area contributed by atoms with Gasteiger partial charge in [-0.1, -0.05) is 30.3 Å². The van der Waals surface area contributed by atoms with Crippen molar-refractivity contribution in [3.63, 3.8) is 0 Å². The number of nitrogens with one attached hydrogen (secondary N) is 1. The van der Waals surface area contributed by atoms with Gasteiger partial charge in [0.15, 0.2) is 0 Å². The fourth-order valence-corrected chi connectivity index (χ4v) is 2.04. The molecule has 1 saturated heterocycles. The van der Waals surface area contributed by atoms with Crippen LogP contribution in [0, 0.1) is 0 Å². The minimum atomic E-state index is -0.739. The van der Waals surface area contributed by atoms with Crippen LogP contribution in [0.2, 0.25) is 0 Å². The Morgan fingerprint density at radius 1 is 1.21 bits per heavy atom. The number of primary amides is 1. The van der Waals surface area contributed by atoms with Gasteiger partial charge in [0.05, 0.1) is 13.2 Å². The molecule has 19 heavy (non-hydrogen) atoms. The molecular weight excluding hydrogens is 246 g/mol. The molecule has 3 N–H and O–H groups in total. The van der Waals surface area contributed by atoms with Crippen LogP contribution in [-0.2, 0) is 9.53 Å². The Bertz CT molecular complexity index is 444. The number of hydrogen-bond donors (Lipinski definition) is 2. The molecule has 1 aliphatic heterocycles. The van der Waals surface area contributed by atoms with E-state index in [1.54, 1.807) is 17.0 Å². The highest BCUT2D eigenvalue weighted by molar-refractivity contribution is 5.87. The molecule has 0 saturated carbocycles. The molecule has 102 valence electrons. The fourth-order valence-electron chi connectivity index (χ4n) is 2.04. The van der Waals surface area contributed by atoms with Gasteiger partial charge >= 0.3 is 6.03 Å². The Balaban J connectivity index is 2.17. The molecule has 0 aromatic heterocycles. The first-order valence-electron chi connectivity index (χ1n) is 6.16. The summed E-state index contributed by atoms with van der Waals surface area (Å²) in [5.41, 5.74) is 5.87. The third-order valence-corrected chi connectivity index (χ3v) is 2.99. The van der Waals surface area contributed by atoms with Crippen LogP contribution >= 0.6 is 0 Å². The van der Waals surface area contributed by atoms with E-state index in [1.165, 1.54) is 0 Å². The number of urea groups is 1. The average Bonchev–Trinajstić information content (AvgIpc) is 2.46. The van der Waals surface area contributed by atoms with Crippen LogP contribution in [0.1, 0.15) is 11.6 Å². The summed E-state index contributed by atoms with van der Waals surface area (Å²) >= 11 is 0. The van der Waals surface area contributed by atoms with Crippen LogP contribution < -0.4 is 11.1 Å². The Kier molecular flexibility index (Phi) is 4.35. The van der Waals surface area contributed by atoms with Crippen molar-refractivity contribution in [1.82, 2.24) is 10.2 Å². The summed E-state index contributed by atoms with van der Waals surface area (Å²) in [6, 6.07) is 7.62. The van der Waals surface area contributed by atoms with Crippen molar-refractivity contribution in [2.75, 3.05) is 26.3 Å². The zero-order chi connectivity index (χ0) is 13.7. The van der Waals surface area contributed by atoms with E-state index < -0.39 is 12.1 Å². The molecule has 1 aliphatic rings. The zero-order valence-corrected chi connectivity index (χ0v) is 10.5. The Labute approximate surface area is 111 Å². The molecule has 0 radical (unpaired) electrons. The van der Waals surface area contributed by atoms with Crippen molar-refractivity contribution < 1.29 is 14.3 Å². The van der Waals surface area contributed by atoms with E-state index in [0.717, 1.165) is 5.56 Å². The number of rotatable bonds is 3. The van der Waals surface area contributed by atoms with Gasteiger partial charge in [-0.15, -0.1) is 0 Å². The zero-order valence-electron chi connectivity index (χ0n) is 10.5. The van der Waals surface area contributed by atoms with Crippen molar-refractivity contribution in [1.29, 1.82) is 0 Å². The molecule has 0 aliphatic carbocycles. The third-order valence-electron chi connectivity index (χ3n) is 2.99. The first-order valence-corrected chi connectivity index (χ1v) is 6.16. The second-order valence-electron chi connectivity index (χ2n) is 4.29. The summed E-state index contributed by atoms with van der Waals surface area (Å²) in [6.45, 7) is 2.10. The lowest BCUT2D eigenvalue weighted by Gasteiger charge is -2.30. The van der Waals surface area contributed by atoms with Gasteiger partial charge in [-0.2, -0.15) is 0 Å². The molecule has 1 fully saturated rings. The monoisotopic (exact) mass is 263 g/mol. The molecule has 0 bridgehead atoms. The highest BCUT2D eigenvalue weighted by Crippen LogP contribution is 2.16. The van der Waals surface area contributed by atoms with Gasteiger partial charge in [0.2, 0.25) is 5.91 Å². The van der Waals surface area contributed by atoms with Gasteiger partial charge in [0.25, 0.3) is 0 Å².